The normalized spacial score (nSPS) is 11.4. The molecule has 0 aliphatic carbocycles. The van der Waals surface area contributed by atoms with Crippen LogP contribution in [0.15, 0.2) is 18.7 Å². The fourth-order valence-corrected chi connectivity index (χ4v) is 1.20. The largest absolute Gasteiger partial charge is 0.374 e. The van der Waals surface area contributed by atoms with E-state index in [4.69, 9.17) is 4.74 Å². The van der Waals surface area contributed by atoms with Crippen molar-refractivity contribution in [3.63, 3.8) is 0 Å². The minimum Gasteiger partial charge on any atom is -0.374 e. The Hall–Kier alpha value is -1.36. The average Bonchev–Trinajstić information content (AvgIpc) is 2.67. The van der Waals surface area contributed by atoms with Gasteiger partial charge in [-0.3, -0.25) is 4.57 Å². The van der Waals surface area contributed by atoms with Crippen molar-refractivity contribution in [3.05, 3.63) is 18.7 Å². The Bertz CT molecular complexity index is 306. The summed E-state index contributed by atoms with van der Waals surface area (Å²) < 4.78 is 6.85. The van der Waals surface area contributed by atoms with Crippen molar-refractivity contribution in [2.24, 2.45) is 0 Å². The number of hydrogen-bond donors (Lipinski definition) is 1. The fourth-order valence-electron chi connectivity index (χ4n) is 1.20. The van der Waals surface area contributed by atoms with Gasteiger partial charge in [-0.05, 0) is 20.8 Å². The smallest absolute Gasteiger partial charge is 0.326 e. The zero-order valence-corrected chi connectivity index (χ0v) is 9.36. The second-order valence-electron chi connectivity index (χ2n) is 3.82. The highest BCUT2D eigenvalue weighted by atomic mass is 16.5. The lowest BCUT2D eigenvalue weighted by Gasteiger charge is -2.24. The van der Waals surface area contributed by atoms with Gasteiger partial charge >= 0.3 is 6.03 Å². The number of carbonyl (C=O) groups is 1. The van der Waals surface area contributed by atoms with Crippen LogP contribution in [0.1, 0.15) is 20.8 Å². The van der Waals surface area contributed by atoms with Gasteiger partial charge in [0.25, 0.3) is 0 Å². The Morgan fingerprint density at radius 3 is 2.87 bits per heavy atom. The molecular weight excluding hydrogens is 194 g/mol. The molecule has 1 rings (SSSR count). The van der Waals surface area contributed by atoms with Crippen LogP contribution >= 0.6 is 0 Å². The van der Waals surface area contributed by atoms with Crippen LogP contribution in [0, 0.1) is 0 Å². The molecule has 0 aliphatic heterocycles. The summed E-state index contributed by atoms with van der Waals surface area (Å²) in [4.78, 5) is 15.3. The van der Waals surface area contributed by atoms with Crippen molar-refractivity contribution in [2.75, 3.05) is 13.2 Å². The topological polar surface area (TPSA) is 56.1 Å². The monoisotopic (exact) mass is 211 g/mol. The molecule has 1 aromatic rings. The number of hydrogen-bond acceptors (Lipinski definition) is 3. The molecule has 0 unspecified atom stereocenters. The third-order valence-electron chi connectivity index (χ3n) is 1.94. The maximum atomic E-state index is 11.5. The summed E-state index contributed by atoms with van der Waals surface area (Å²) in [5, 5.41) is 2.77. The maximum absolute atomic E-state index is 11.5. The van der Waals surface area contributed by atoms with Crippen LogP contribution in [0.2, 0.25) is 0 Å². The number of carbonyl (C=O) groups excluding carboxylic acids is 1. The summed E-state index contributed by atoms with van der Waals surface area (Å²) in [7, 11) is 0. The molecular formula is C10H17N3O2. The summed E-state index contributed by atoms with van der Waals surface area (Å²) in [5.74, 6) is 0. The first-order chi connectivity index (χ1) is 7.05. The SMILES string of the molecule is CCOC(C)(C)CNC(=O)n1ccnc1. The van der Waals surface area contributed by atoms with Crippen LogP contribution < -0.4 is 5.32 Å². The van der Waals surface area contributed by atoms with Crippen molar-refractivity contribution >= 4 is 6.03 Å². The Balaban J connectivity index is 2.40. The molecule has 0 spiro atoms. The van der Waals surface area contributed by atoms with Gasteiger partial charge in [0.05, 0.1) is 5.60 Å². The zero-order valence-electron chi connectivity index (χ0n) is 9.36. The molecule has 5 heteroatoms. The number of ether oxygens (including phenoxy) is 1. The minimum absolute atomic E-state index is 0.194. The van der Waals surface area contributed by atoms with E-state index in [2.05, 4.69) is 10.3 Å². The second kappa shape index (κ2) is 4.93. The molecule has 0 fully saturated rings. The summed E-state index contributed by atoms with van der Waals surface area (Å²) in [6.45, 7) is 6.90. The Kier molecular flexibility index (Phi) is 3.85. The van der Waals surface area contributed by atoms with Gasteiger partial charge in [0, 0.05) is 25.5 Å². The van der Waals surface area contributed by atoms with Gasteiger partial charge in [0.1, 0.15) is 6.33 Å². The number of imidazole rings is 1. The number of rotatable bonds is 4. The number of aromatic nitrogens is 2. The summed E-state index contributed by atoms with van der Waals surface area (Å²) in [6, 6.07) is -0.194. The molecule has 1 aromatic heterocycles. The van der Waals surface area contributed by atoms with Crippen LogP contribution in [-0.4, -0.2) is 34.3 Å². The van der Waals surface area contributed by atoms with Crippen LogP contribution in [0.3, 0.4) is 0 Å². The van der Waals surface area contributed by atoms with Crippen molar-refractivity contribution in [2.45, 2.75) is 26.4 Å². The molecule has 0 saturated carbocycles. The van der Waals surface area contributed by atoms with Gasteiger partial charge in [-0.2, -0.15) is 0 Å². The number of nitrogens with zero attached hydrogens (tertiary/aromatic N) is 2. The van der Waals surface area contributed by atoms with Gasteiger partial charge in [-0.25, -0.2) is 9.78 Å². The third-order valence-corrected chi connectivity index (χ3v) is 1.94. The summed E-state index contributed by atoms with van der Waals surface area (Å²) >= 11 is 0. The van der Waals surface area contributed by atoms with Crippen LogP contribution in [0.25, 0.3) is 0 Å². The molecule has 0 aromatic carbocycles. The van der Waals surface area contributed by atoms with E-state index in [-0.39, 0.29) is 11.6 Å². The van der Waals surface area contributed by atoms with Crippen molar-refractivity contribution in [1.82, 2.24) is 14.9 Å². The van der Waals surface area contributed by atoms with E-state index in [9.17, 15) is 4.79 Å². The van der Waals surface area contributed by atoms with Crippen LogP contribution in [-0.2, 0) is 4.74 Å². The summed E-state index contributed by atoms with van der Waals surface area (Å²) in [6.07, 6.45) is 4.62. The van der Waals surface area contributed by atoms with Crippen LogP contribution in [0.5, 0.6) is 0 Å². The number of nitrogens with one attached hydrogen (secondary N) is 1. The van der Waals surface area contributed by atoms with Gasteiger partial charge in [-0.15, -0.1) is 0 Å². The minimum atomic E-state index is -0.342. The molecule has 1 N–H and O–H groups in total. The van der Waals surface area contributed by atoms with Crippen molar-refractivity contribution < 1.29 is 9.53 Å². The fraction of sp³-hybridized carbons (Fsp3) is 0.600. The quantitative estimate of drug-likeness (QED) is 0.815. The molecule has 0 bridgehead atoms. The maximum Gasteiger partial charge on any atom is 0.326 e. The average molecular weight is 211 g/mol. The number of amides is 1. The lowest BCUT2D eigenvalue weighted by Crippen LogP contribution is -2.41. The molecule has 84 valence electrons. The van der Waals surface area contributed by atoms with E-state index in [0.29, 0.717) is 13.2 Å². The highest BCUT2D eigenvalue weighted by molar-refractivity contribution is 5.76. The third kappa shape index (κ3) is 3.71. The molecule has 1 heterocycles. The first kappa shape index (κ1) is 11.7. The van der Waals surface area contributed by atoms with Gasteiger partial charge in [-0.1, -0.05) is 0 Å². The first-order valence-corrected chi connectivity index (χ1v) is 4.95. The molecule has 0 atom stereocenters. The Morgan fingerprint density at radius 2 is 2.33 bits per heavy atom. The molecule has 5 nitrogen and oxygen atoms in total. The van der Waals surface area contributed by atoms with Crippen LogP contribution in [0.4, 0.5) is 4.79 Å². The van der Waals surface area contributed by atoms with Crippen molar-refractivity contribution in [1.29, 1.82) is 0 Å². The van der Waals surface area contributed by atoms with Gasteiger partial charge in [0.15, 0.2) is 0 Å². The van der Waals surface area contributed by atoms with E-state index in [1.54, 1.807) is 12.4 Å². The molecule has 15 heavy (non-hydrogen) atoms. The Morgan fingerprint density at radius 1 is 1.60 bits per heavy atom. The van der Waals surface area contributed by atoms with Gasteiger partial charge < -0.3 is 10.1 Å². The lowest BCUT2D eigenvalue weighted by atomic mass is 10.1. The molecule has 0 saturated heterocycles. The molecule has 0 aliphatic rings. The van der Waals surface area contributed by atoms with E-state index >= 15 is 0 Å². The standard InChI is InChI=1S/C10H17N3O2/c1-4-15-10(2,3)7-12-9(14)13-6-5-11-8-13/h5-6,8H,4,7H2,1-3H3,(H,12,14). The van der Waals surface area contributed by atoms with E-state index < -0.39 is 0 Å². The molecule has 1 amide bonds. The van der Waals surface area contributed by atoms with E-state index in [1.165, 1.54) is 10.9 Å². The summed E-state index contributed by atoms with van der Waals surface area (Å²) in [5.41, 5.74) is -0.342. The lowest BCUT2D eigenvalue weighted by molar-refractivity contribution is -0.00686. The zero-order chi connectivity index (χ0) is 11.3. The predicted octanol–water partition coefficient (Wildman–Crippen LogP) is 1.26. The first-order valence-electron chi connectivity index (χ1n) is 4.95. The van der Waals surface area contributed by atoms with E-state index in [0.717, 1.165) is 0 Å². The highest BCUT2D eigenvalue weighted by Gasteiger charge is 2.18. The second-order valence-corrected chi connectivity index (χ2v) is 3.82. The highest BCUT2D eigenvalue weighted by Crippen LogP contribution is 2.06. The Labute approximate surface area is 89.4 Å². The van der Waals surface area contributed by atoms with E-state index in [1.807, 2.05) is 20.8 Å². The molecule has 0 radical (unpaired) electrons. The predicted molar refractivity (Wildman–Crippen MR) is 56.7 cm³/mol. The van der Waals surface area contributed by atoms with Gasteiger partial charge in [0.2, 0.25) is 0 Å². The van der Waals surface area contributed by atoms with Crippen molar-refractivity contribution in [3.8, 4) is 0 Å².